The summed E-state index contributed by atoms with van der Waals surface area (Å²) in [7, 11) is 0. The molecule has 3 heteroatoms. The molecule has 2 nitrogen and oxygen atoms in total. The van der Waals surface area contributed by atoms with Gasteiger partial charge in [0.2, 0.25) is 0 Å². The van der Waals surface area contributed by atoms with E-state index in [4.69, 9.17) is 4.74 Å². The largest absolute Gasteiger partial charge is 0.374 e. The zero-order valence-corrected chi connectivity index (χ0v) is 13.3. The molecule has 1 aliphatic rings. The van der Waals surface area contributed by atoms with Gasteiger partial charge in [0.05, 0.1) is 12.2 Å². The summed E-state index contributed by atoms with van der Waals surface area (Å²) in [6.45, 7) is 7.73. The standard InChI is InChI=1S/C16H27NOS/c1-4-10-17-15(16-9-6-12(3)18-16)11-14-8-7-13(5-2)19-14/h7-8,12,15-17H,4-6,9-11H2,1-3H3. The Morgan fingerprint density at radius 2 is 2.11 bits per heavy atom. The third-order valence-corrected chi connectivity index (χ3v) is 5.11. The Morgan fingerprint density at radius 3 is 2.68 bits per heavy atom. The van der Waals surface area contributed by atoms with Gasteiger partial charge < -0.3 is 10.1 Å². The Balaban J connectivity index is 1.96. The van der Waals surface area contributed by atoms with Crippen molar-refractivity contribution in [3.8, 4) is 0 Å². The number of ether oxygens (including phenoxy) is 1. The van der Waals surface area contributed by atoms with Crippen LogP contribution in [0.3, 0.4) is 0 Å². The van der Waals surface area contributed by atoms with Crippen molar-refractivity contribution < 1.29 is 4.74 Å². The molecule has 3 unspecified atom stereocenters. The maximum Gasteiger partial charge on any atom is 0.0736 e. The van der Waals surface area contributed by atoms with E-state index in [0.29, 0.717) is 18.2 Å². The quantitative estimate of drug-likeness (QED) is 0.821. The first-order chi connectivity index (χ1) is 9.22. The number of hydrogen-bond acceptors (Lipinski definition) is 3. The van der Waals surface area contributed by atoms with Gasteiger partial charge in [0.1, 0.15) is 0 Å². The average Bonchev–Trinajstić information content (AvgIpc) is 3.03. The summed E-state index contributed by atoms with van der Waals surface area (Å²) in [5.41, 5.74) is 0. The molecule has 0 amide bonds. The summed E-state index contributed by atoms with van der Waals surface area (Å²) in [6.07, 6.45) is 6.69. The van der Waals surface area contributed by atoms with Gasteiger partial charge in [-0.2, -0.15) is 0 Å². The van der Waals surface area contributed by atoms with E-state index in [1.807, 2.05) is 11.3 Å². The third kappa shape index (κ3) is 4.30. The molecule has 0 radical (unpaired) electrons. The highest BCUT2D eigenvalue weighted by atomic mass is 32.1. The van der Waals surface area contributed by atoms with Crippen molar-refractivity contribution in [2.75, 3.05) is 6.54 Å². The highest BCUT2D eigenvalue weighted by molar-refractivity contribution is 7.11. The lowest BCUT2D eigenvalue weighted by Gasteiger charge is -2.24. The molecule has 0 aromatic carbocycles. The van der Waals surface area contributed by atoms with E-state index in [1.54, 1.807) is 0 Å². The summed E-state index contributed by atoms with van der Waals surface area (Å²) in [5.74, 6) is 0. The molecule has 3 atom stereocenters. The van der Waals surface area contributed by atoms with Crippen LogP contribution in [-0.2, 0) is 17.6 Å². The Kier molecular flexibility index (Phi) is 5.86. The van der Waals surface area contributed by atoms with Crippen molar-refractivity contribution >= 4 is 11.3 Å². The van der Waals surface area contributed by atoms with Gasteiger partial charge in [-0.25, -0.2) is 0 Å². The fraction of sp³-hybridized carbons (Fsp3) is 0.750. The van der Waals surface area contributed by atoms with Gasteiger partial charge in [0, 0.05) is 15.8 Å². The summed E-state index contributed by atoms with van der Waals surface area (Å²) in [6, 6.07) is 5.05. The van der Waals surface area contributed by atoms with Crippen molar-refractivity contribution in [2.24, 2.45) is 0 Å². The molecule has 1 aliphatic heterocycles. The topological polar surface area (TPSA) is 21.3 Å². The molecule has 1 aromatic heterocycles. The van der Waals surface area contributed by atoms with Crippen LogP contribution < -0.4 is 5.32 Å². The van der Waals surface area contributed by atoms with Crippen LogP contribution in [0.15, 0.2) is 12.1 Å². The maximum absolute atomic E-state index is 6.07. The molecule has 0 bridgehead atoms. The molecular weight excluding hydrogens is 254 g/mol. The van der Waals surface area contributed by atoms with Crippen molar-refractivity contribution in [3.63, 3.8) is 0 Å². The van der Waals surface area contributed by atoms with Crippen LogP contribution >= 0.6 is 11.3 Å². The predicted octanol–water partition coefficient (Wildman–Crippen LogP) is 3.79. The molecule has 0 spiro atoms. The zero-order valence-electron chi connectivity index (χ0n) is 12.4. The van der Waals surface area contributed by atoms with Crippen molar-refractivity contribution in [2.45, 2.75) is 71.1 Å². The molecule has 1 fully saturated rings. The molecule has 2 rings (SSSR count). The Labute approximate surface area is 121 Å². The molecule has 108 valence electrons. The van der Waals surface area contributed by atoms with E-state index in [2.05, 4.69) is 38.2 Å². The average molecular weight is 281 g/mol. The van der Waals surface area contributed by atoms with Gasteiger partial charge in [0.25, 0.3) is 0 Å². The van der Waals surface area contributed by atoms with Crippen molar-refractivity contribution in [3.05, 3.63) is 21.9 Å². The van der Waals surface area contributed by atoms with E-state index >= 15 is 0 Å². The summed E-state index contributed by atoms with van der Waals surface area (Å²) in [4.78, 5) is 2.98. The van der Waals surface area contributed by atoms with Crippen molar-refractivity contribution in [1.29, 1.82) is 0 Å². The van der Waals surface area contributed by atoms with Crippen LogP contribution in [0.5, 0.6) is 0 Å². The Morgan fingerprint density at radius 1 is 1.32 bits per heavy atom. The SMILES string of the molecule is CCCNC(Cc1ccc(CC)s1)C1CCC(C)O1. The number of thiophene rings is 1. The van der Waals surface area contributed by atoms with E-state index in [0.717, 1.165) is 19.4 Å². The molecular formula is C16H27NOS. The molecule has 1 N–H and O–H groups in total. The molecule has 0 aliphatic carbocycles. The highest BCUT2D eigenvalue weighted by Gasteiger charge is 2.29. The number of hydrogen-bond donors (Lipinski definition) is 1. The van der Waals surface area contributed by atoms with Gasteiger partial charge in [-0.15, -0.1) is 11.3 Å². The van der Waals surface area contributed by atoms with Gasteiger partial charge in [0.15, 0.2) is 0 Å². The zero-order chi connectivity index (χ0) is 13.7. The Hall–Kier alpha value is -0.380. The molecule has 2 heterocycles. The molecule has 19 heavy (non-hydrogen) atoms. The third-order valence-electron chi connectivity index (χ3n) is 3.86. The second-order valence-corrected chi connectivity index (χ2v) is 6.80. The fourth-order valence-corrected chi connectivity index (χ4v) is 3.75. The van der Waals surface area contributed by atoms with Crippen LogP contribution in [0, 0.1) is 0 Å². The van der Waals surface area contributed by atoms with E-state index in [-0.39, 0.29) is 0 Å². The minimum Gasteiger partial charge on any atom is -0.374 e. The lowest BCUT2D eigenvalue weighted by molar-refractivity contribution is 0.0322. The van der Waals surface area contributed by atoms with Crippen LogP contribution in [0.4, 0.5) is 0 Å². The summed E-state index contributed by atoms with van der Waals surface area (Å²) in [5, 5.41) is 3.69. The van der Waals surface area contributed by atoms with E-state index in [9.17, 15) is 0 Å². The lowest BCUT2D eigenvalue weighted by atomic mass is 10.0. The van der Waals surface area contributed by atoms with Gasteiger partial charge in [-0.05, 0) is 57.7 Å². The van der Waals surface area contributed by atoms with E-state index < -0.39 is 0 Å². The first-order valence-electron chi connectivity index (χ1n) is 7.69. The monoisotopic (exact) mass is 281 g/mol. The number of aryl methyl sites for hydroxylation is 1. The predicted molar refractivity (Wildman–Crippen MR) is 83.1 cm³/mol. The number of nitrogens with one attached hydrogen (secondary N) is 1. The lowest BCUT2D eigenvalue weighted by Crippen LogP contribution is -2.41. The van der Waals surface area contributed by atoms with Crippen LogP contribution in [0.2, 0.25) is 0 Å². The smallest absolute Gasteiger partial charge is 0.0736 e. The highest BCUT2D eigenvalue weighted by Crippen LogP contribution is 2.26. The second kappa shape index (κ2) is 7.41. The minimum atomic E-state index is 0.397. The summed E-state index contributed by atoms with van der Waals surface area (Å²) >= 11 is 1.96. The first-order valence-corrected chi connectivity index (χ1v) is 8.51. The van der Waals surface area contributed by atoms with Gasteiger partial charge in [-0.1, -0.05) is 13.8 Å². The second-order valence-electron chi connectivity index (χ2n) is 5.55. The maximum atomic E-state index is 6.07. The van der Waals surface area contributed by atoms with Gasteiger partial charge >= 0.3 is 0 Å². The van der Waals surface area contributed by atoms with Crippen LogP contribution in [0.1, 0.15) is 49.8 Å². The molecule has 0 saturated carbocycles. The first kappa shape index (κ1) is 15.0. The van der Waals surface area contributed by atoms with E-state index in [1.165, 1.54) is 29.0 Å². The van der Waals surface area contributed by atoms with Crippen molar-refractivity contribution in [1.82, 2.24) is 5.32 Å². The Bertz CT molecular complexity index is 377. The fourth-order valence-electron chi connectivity index (χ4n) is 2.73. The molecule has 1 aromatic rings. The normalized spacial score (nSPS) is 24.8. The minimum absolute atomic E-state index is 0.397. The van der Waals surface area contributed by atoms with Crippen LogP contribution in [0.25, 0.3) is 0 Å². The molecule has 1 saturated heterocycles. The summed E-state index contributed by atoms with van der Waals surface area (Å²) < 4.78 is 6.07. The van der Waals surface area contributed by atoms with Crippen LogP contribution in [-0.4, -0.2) is 24.8 Å². The number of rotatable bonds is 7. The van der Waals surface area contributed by atoms with Gasteiger partial charge in [-0.3, -0.25) is 0 Å².